The van der Waals surface area contributed by atoms with Gasteiger partial charge in [-0.3, -0.25) is 0 Å². The number of allylic oxidation sites excluding steroid dienone is 4. The maximum absolute atomic E-state index is 8.81. The number of hydrogen-bond acceptors (Lipinski definition) is 3. The molecule has 1 aliphatic rings. The number of carbonyl (C=O) groups excluding carboxylic acids is 1. The second kappa shape index (κ2) is 13.2. The predicted octanol–water partition coefficient (Wildman–Crippen LogP) is 9.02. The van der Waals surface area contributed by atoms with Crippen LogP contribution in [0.5, 0.6) is 5.75 Å². The van der Waals surface area contributed by atoms with E-state index in [9.17, 15) is 0 Å². The number of nitrogens with one attached hydrogen (secondary N) is 1. The van der Waals surface area contributed by atoms with Gasteiger partial charge in [0, 0.05) is 12.4 Å². The van der Waals surface area contributed by atoms with Gasteiger partial charge in [0.25, 0.3) is 0 Å². The molecular formula is C32H46N2O2. The van der Waals surface area contributed by atoms with E-state index in [2.05, 4.69) is 102 Å². The van der Waals surface area contributed by atoms with E-state index in [1.165, 1.54) is 23.3 Å². The number of rotatable bonds is 5. The number of H-pyrrole nitrogens is 1. The van der Waals surface area contributed by atoms with Crippen LogP contribution >= 0.6 is 0 Å². The summed E-state index contributed by atoms with van der Waals surface area (Å²) in [7, 11) is 1.70. The summed E-state index contributed by atoms with van der Waals surface area (Å²) in [5, 5.41) is 2.36. The molecule has 3 aromatic rings. The number of fused-ring (bicyclic) bond motifs is 1. The van der Waals surface area contributed by atoms with Crippen LogP contribution in [-0.2, 0) is 10.2 Å². The van der Waals surface area contributed by atoms with Gasteiger partial charge in [-0.2, -0.15) is 0 Å². The van der Waals surface area contributed by atoms with Gasteiger partial charge in [0.1, 0.15) is 17.9 Å². The van der Waals surface area contributed by atoms with Crippen molar-refractivity contribution in [3.05, 3.63) is 66.1 Å². The smallest absolute Gasteiger partial charge is 0.119 e. The predicted molar refractivity (Wildman–Crippen MR) is 157 cm³/mol. The van der Waals surface area contributed by atoms with Gasteiger partial charge in [-0.25, -0.2) is 4.98 Å². The van der Waals surface area contributed by atoms with Crippen LogP contribution in [-0.4, -0.2) is 23.4 Å². The Labute approximate surface area is 219 Å². The molecule has 0 radical (unpaired) electrons. The number of ether oxygens (including phenoxy) is 1. The van der Waals surface area contributed by atoms with Crippen molar-refractivity contribution in [3.63, 3.8) is 0 Å². The summed E-state index contributed by atoms with van der Waals surface area (Å²) in [6.07, 6.45) is 9.72. The third-order valence-electron chi connectivity index (χ3n) is 6.11. The molecule has 36 heavy (non-hydrogen) atoms. The number of methoxy groups -OCH3 is 1. The Bertz CT molecular complexity index is 1200. The molecule has 4 heteroatoms. The zero-order chi connectivity index (χ0) is 26.9. The first-order valence-corrected chi connectivity index (χ1v) is 13.0. The summed E-state index contributed by atoms with van der Waals surface area (Å²) in [6, 6.07) is 12.8. The van der Waals surface area contributed by atoms with Crippen molar-refractivity contribution in [2.45, 2.75) is 73.6 Å². The highest BCUT2D eigenvalue weighted by atomic mass is 16.5. The third kappa shape index (κ3) is 7.68. The second-order valence-corrected chi connectivity index (χ2v) is 10.7. The van der Waals surface area contributed by atoms with Crippen molar-refractivity contribution in [1.82, 2.24) is 9.97 Å². The molecule has 4 rings (SSSR count). The van der Waals surface area contributed by atoms with E-state index in [0.29, 0.717) is 5.92 Å². The molecule has 1 heterocycles. The van der Waals surface area contributed by atoms with E-state index < -0.39 is 0 Å². The average molecular weight is 491 g/mol. The Morgan fingerprint density at radius 3 is 2.36 bits per heavy atom. The first-order chi connectivity index (χ1) is 17.1. The van der Waals surface area contributed by atoms with Crippen molar-refractivity contribution in [2.75, 3.05) is 7.11 Å². The van der Waals surface area contributed by atoms with Gasteiger partial charge >= 0.3 is 0 Å². The zero-order valence-electron chi connectivity index (χ0n) is 23.6. The van der Waals surface area contributed by atoms with E-state index >= 15 is 0 Å². The van der Waals surface area contributed by atoms with Crippen LogP contribution in [0.15, 0.2) is 54.6 Å². The first kappa shape index (κ1) is 29.1. The normalized spacial score (nSPS) is 14.9. The number of hydrogen-bond donors (Lipinski definition) is 1. The van der Waals surface area contributed by atoms with Crippen molar-refractivity contribution in [3.8, 4) is 17.0 Å². The first-order valence-electron chi connectivity index (χ1n) is 13.0. The molecule has 0 bridgehead atoms. The van der Waals surface area contributed by atoms with Crippen molar-refractivity contribution in [2.24, 2.45) is 11.8 Å². The van der Waals surface area contributed by atoms with E-state index in [0.717, 1.165) is 53.6 Å². The molecule has 0 amide bonds. The summed E-state index contributed by atoms with van der Waals surface area (Å²) < 4.78 is 5.37. The maximum atomic E-state index is 8.81. The van der Waals surface area contributed by atoms with Gasteiger partial charge in [-0.15, -0.1) is 0 Å². The molecule has 1 aromatic heterocycles. The summed E-state index contributed by atoms with van der Waals surface area (Å²) >= 11 is 0. The van der Waals surface area contributed by atoms with Gasteiger partial charge in [-0.05, 0) is 66.1 Å². The fraction of sp³-hybridized carbons (Fsp3) is 0.438. The van der Waals surface area contributed by atoms with Crippen molar-refractivity contribution < 1.29 is 11.0 Å². The van der Waals surface area contributed by atoms with Crippen LogP contribution < -0.4 is 4.74 Å². The highest BCUT2D eigenvalue weighted by Gasteiger charge is 2.26. The molecule has 0 saturated heterocycles. The highest BCUT2D eigenvalue weighted by molar-refractivity contribution is 5.90. The molecule has 1 atom stereocenters. The third-order valence-corrected chi connectivity index (χ3v) is 6.11. The highest BCUT2D eigenvalue weighted by Crippen LogP contribution is 2.36. The Balaban J connectivity index is 0.000000768. The lowest BCUT2D eigenvalue weighted by Gasteiger charge is -2.19. The van der Waals surface area contributed by atoms with Gasteiger partial charge in [0.15, 0.2) is 0 Å². The number of carbonyl (C=O) groups is 1. The molecule has 0 aliphatic heterocycles. The molecular weight excluding hydrogens is 444 g/mol. The monoisotopic (exact) mass is 490 g/mol. The topological polar surface area (TPSA) is 55.0 Å². The fourth-order valence-corrected chi connectivity index (χ4v) is 3.78. The van der Waals surface area contributed by atoms with Crippen LogP contribution in [0.3, 0.4) is 0 Å². The van der Waals surface area contributed by atoms with Crippen LogP contribution in [0.2, 0.25) is 0 Å². The Morgan fingerprint density at radius 2 is 1.78 bits per heavy atom. The number of aromatic amines is 1. The maximum Gasteiger partial charge on any atom is 0.119 e. The van der Waals surface area contributed by atoms with Gasteiger partial charge < -0.3 is 14.5 Å². The minimum absolute atomic E-state index is 0. The number of imidazole rings is 1. The lowest BCUT2D eigenvalue weighted by molar-refractivity contribution is -0.106. The molecule has 2 aromatic carbocycles. The Hall–Kier alpha value is -3.14. The summed E-state index contributed by atoms with van der Waals surface area (Å²) in [4.78, 5) is 17.6. The quantitative estimate of drug-likeness (QED) is 0.363. The molecule has 0 saturated carbocycles. The van der Waals surface area contributed by atoms with E-state index in [1.54, 1.807) is 7.11 Å². The van der Waals surface area contributed by atoms with Crippen LogP contribution in [0, 0.1) is 11.8 Å². The van der Waals surface area contributed by atoms with Crippen LogP contribution in [0.4, 0.5) is 0 Å². The SMILES string of the molecule is CC(C)C.CC=O.CCC(C)(C)c1nc(-c2ccc3cc(OC)ccc3c2)c(C2=CC(C)CC=C2)[nH]1.[HH]. The standard InChI is InChI=1S/C26H30N2O.C4H10.C2H4O.H2/c1-6-26(3,4)25-27-23(20-9-7-8-17(2)14-20)24(28-25)21-11-10-19-16-22(29-5)13-12-18(19)15-21;1-4(2)3;1-2-3;/h7,9-17H,6,8H2,1-5H3,(H,27,28);4H,1-3H3;2H,1H3;1H. The molecule has 1 N–H and O–H groups in total. The zero-order valence-corrected chi connectivity index (χ0v) is 23.6. The summed E-state index contributed by atoms with van der Waals surface area (Å²) in [5.74, 6) is 3.30. The minimum Gasteiger partial charge on any atom is -0.497 e. The van der Waals surface area contributed by atoms with Crippen molar-refractivity contribution in [1.29, 1.82) is 0 Å². The van der Waals surface area contributed by atoms with Crippen molar-refractivity contribution >= 4 is 22.6 Å². The summed E-state index contributed by atoms with van der Waals surface area (Å²) in [6.45, 7) is 16.9. The molecule has 196 valence electrons. The Morgan fingerprint density at radius 1 is 1.17 bits per heavy atom. The lowest BCUT2D eigenvalue weighted by Crippen LogP contribution is -2.17. The van der Waals surface area contributed by atoms with Gasteiger partial charge in [-0.1, -0.05) is 84.9 Å². The number of aldehydes is 1. The molecule has 0 spiro atoms. The summed E-state index contributed by atoms with van der Waals surface area (Å²) in [5.41, 5.74) is 4.53. The van der Waals surface area contributed by atoms with E-state index in [-0.39, 0.29) is 6.84 Å². The fourth-order valence-electron chi connectivity index (χ4n) is 3.78. The second-order valence-electron chi connectivity index (χ2n) is 10.7. The van der Waals surface area contributed by atoms with Crippen LogP contribution in [0.1, 0.15) is 81.2 Å². The lowest BCUT2D eigenvalue weighted by atomic mass is 9.89. The van der Waals surface area contributed by atoms with Crippen LogP contribution in [0.25, 0.3) is 27.6 Å². The molecule has 1 unspecified atom stereocenters. The number of benzene rings is 2. The number of aromatic nitrogens is 2. The van der Waals surface area contributed by atoms with E-state index in [4.69, 9.17) is 14.5 Å². The molecule has 1 aliphatic carbocycles. The largest absolute Gasteiger partial charge is 0.497 e. The molecule has 4 nitrogen and oxygen atoms in total. The minimum atomic E-state index is 0. The average Bonchev–Trinajstić information content (AvgIpc) is 3.30. The Kier molecular flexibility index (Phi) is 10.7. The van der Waals surface area contributed by atoms with Gasteiger partial charge in [0.05, 0.1) is 18.5 Å². The van der Waals surface area contributed by atoms with E-state index in [1.807, 2.05) is 6.07 Å². The number of nitrogens with zero attached hydrogens (tertiary/aromatic N) is 1. The molecule has 0 fully saturated rings. The van der Waals surface area contributed by atoms with Gasteiger partial charge in [0.2, 0.25) is 0 Å².